The third kappa shape index (κ3) is 4.41. The van der Waals surface area contributed by atoms with Gasteiger partial charge in [0.15, 0.2) is 5.78 Å². The van der Waals surface area contributed by atoms with Crippen molar-refractivity contribution in [2.75, 3.05) is 13.2 Å². The number of Topliss-reactive ketones (excluding diaryl/α,β-unsaturated/α-hetero) is 1. The minimum Gasteiger partial charge on any atom is -0.488 e. The molecule has 2 aliphatic heterocycles. The molecule has 2 aromatic rings. The van der Waals surface area contributed by atoms with Gasteiger partial charge in [0.1, 0.15) is 11.9 Å². The van der Waals surface area contributed by atoms with Crippen LogP contribution in [0.25, 0.3) is 11.1 Å². The summed E-state index contributed by atoms with van der Waals surface area (Å²) in [4.78, 5) is 24.6. The van der Waals surface area contributed by atoms with Gasteiger partial charge in [-0.15, -0.1) is 0 Å². The van der Waals surface area contributed by atoms with E-state index in [0.29, 0.717) is 13.2 Å². The molecule has 4 rings (SSSR count). The number of hydrogen-bond donors (Lipinski definition) is 1. The van der Waals surface area contributed by atoms with Gasteiger partial charge >= 0.3 is 0 Å². The number of rotatable bonds is 5. The van der Waals surface area contributed by atoms with Gasteiger partial charge in [0.05, 0.1) is 12.1 Å². The summed E-state index contributed by atoms with van der Waals surface area (Å²) in [5.41, 5.74) is 3.54. The Hall–Kier alpha value is -2.66. The highest BCUT2D eigenvalue weighted by atomic mass is 16.5. The summed E-state index contributed by atoms with van der Waals surface area (Å²) < 4.78 is 11.8. The number of amides is 1. The molecule has 5 heteroatoms. The van der Waals surface area contributed by atoms with E-state index in [1.807, 2.05) is 50.2 Å². The second-order valence-electron chi connectivity index (χ2n) is 8.91. The van der Waals surface area contributed by atoms with Gasteiger partial charge in [-0.05, 0) is 62.4 Å². The van der Waals surface area contributed by atoms with Crippen molar-refractivity contribution >= 4 is 11.7 Å². The molecule has 0 unspecified atom stereocenters. The molecule has 1 fully saturated rings. The van der Waals surface area contributed by atoms with Gasteiger partial charge in [0, 0.05) is 24.5 Å². The van der Waals surface area contributed by atoms with Crippen molar-refractivity contribution < 1.29 is 19.1 Å². The molecule has 0 aliphatic carbocycles. The number of ketones is 1. The highest BCUT2D eigenvalue weighted by Gasteiger charge is 2.33. The fourth-order valence-electron chi connectivity index (χ4n) is 4.46. The van der Waals surface area contributed by atoms with Crippen LogP contribution in [0.15, 0.2) is 42.5 Å². The molecule has 0 spiro atoms. The molecule has 158 valence electrons. The number of carbonyl (C=O) groups is 2. The van der Waals surface area contributed by atoms with Crippen LogP contribution in [0.5, 0.6) is 5.75 Å². The molecular weight excluding hydrogens is 378 g/mol. The summed E-state index contributed by atoms with van der Waals surface area (Å²) in [5, 5.41) is 3.07. The largest absolute Gasteiger partial charge is 0.488 e. The normalized spacial score (nSPS) is 22.1. The van der Waals surface area contributed by atoms with E-state index in [1.165, 1.54) is 0 Å². The Bertz CT molecular complexity index is 965. The molecule has 0 radical (unpaired) electrons. The first-order valence-electron chi connectivity index (χ1n) is 10.6. The highest BCUT2D eigenvalue weighted by Crippen LogP contribution is 2.34. The second-order valence-corrected chi connectivity index (χ2v) is 8.91. The maximum atomic E-state index is 12.6. The van der Waals surface area contributed by atoms with Gasteiger partial charge in [0.25, 0.3) is 0 Å². The number of benzene rings is 2. The number of ether oxygens (including phenoxy) is 2. The Labute approximate surface area is 177 Å². The van der Waals surface area contributed by atoms with E-state index in [4.69, 9.17) is 9.47 Å². The van der Waals surface area contributed by atoms with Gasteiger partial charge in [0.2, 0.25) is 5.91 Å². The fraction of sp³-hybridized carbons (Fsp3) is 0.440. The lowest BCUT2D eigenvalue weighted by Crippen LogP contribution is -2.43. The lowest BCUT2D eigenvalue weighted by atomic mass is 9.88. The zero-order valence-corrected chi connectivity index (χ0v) is 17.9. The molecule has 2 aromatic carbocycles. The van der Waals surface area contributed by atoms with Crippen molar-refractivity contribution in [3.63, 3.8) is 0 Å². The first kappa shape index (κ1) is 20.6. The van der Waals surface area contributed by atoms with Crippen LogP contribution in [-0.4, -0.2) is 36.5 Å². The van der Waals surface area contributed by atoms with Crippen molar-refractivity contribution in [2.24, 2.45) is 5.92 Å². The Morgan fingerprint density at radius 1 is 1.17 bits per heavy atom. The maximum Gasteiger partial charge on any atom is 0.223 e. The van der Waals surface area contributed by atoms with Crippen LogP contribution in [-0.2, 0) is 16.0 Å². The predicted octanol–water partition coefficient (Wildman–Crippen LogP) is 4.18. The first-order valence-corrected chi connectivity index (χ1v) is 10.6. The van der Waals surface area contributed by atoms with Gasteiger partial charge in [-0.25, -0.2) is 0 Å². The maximum absolute atomic E-state index is 12.6. The Morgan fingerprint density at radius 3 is 2.73 bits per heavy atom. The van der Waals surface area contributed by atoms with Crippen LogP contribution in [0.1, 0.15) is 49.5 Å². The number of nitrogens with one attached hydrogen (secondary N) is 1. The van der Waals surface area contributed by atoms with Crippen molar-refractivity contribution in [1.82, 2.24) is 5.32 Å². The summed E-state index contributed by atoms with van der Waals surface area (Å²) in [6.45, 7) is 6.77. The lowest BCUT2D eigenvalue weighted by molar-refractivity contribution is -0.135. The van der Waals surface area contributed by atoms with Crippen molar-refractivity contribution in [3.05, 3.63) is 53.6 Å². The van der Waals surface area contributed by atoms with Crippen LogP contribution < -0.4 is 10.1 Å². The van der Waals surface area contributed by atoms with Gasteiger partial charge in [-0.2, -0.15) is 0 Å². The van der Waals surface area contributed by atoms with Crippen LogP contribution in [0, 0.1) is 5.92 Å². The minimum absolute atomic E-state index is 0.00721. The molecule has 0 aromatic heterocycles. The molecule has 1 N–H and O–H groups in total. The Balaban J connectivity index is 1.40. The summed E-state index contributed by atoms with van der Waals surface area (Å²) in [6, 6.07) is 13.7. The molecule has 5 nitrogen and oxygen atoms in total. The van der Waals surface area contributed by atoms with Crippen molar-refractivity contribution in [1.29, 1.82) is 0 Å². The zero-order valence-electron chi connectivity index (χ0n) is 17.9. The lowest BCUT2D eigenvalue weighted by Gasteiger charge is -2.34. The number of fused-ring (bicyclic) bond motifs is 1. The third-order valence-corrected chi connectivity index (χ3v) is 5.99. The Kier molecular flexibility index (Phi) is 5.65. The SMILES string of the molecule is CC(=O)c1ccccc1-c1ccc2c(c1)C[C@H](CNC(=O)[C@@H]1CCOC(C)(C)C1)O2. The molecule has 1 amide bonds. The first-order chi connectivity index (χ1) is 14.3. The molecule has 2 aliphatic rings. The fourth-order valence-corrected chi connectivity index (χ4v) is 4.46. The topological polar surface area (TPSA) is 64.6 Å². The summed E-state index contributed by atoms with van der Waals surface area (Å²) >= 11 is 0. The smallest absolute Gasteiger partial charge is 0.223 e. The molecule has 30 heavy (non-hydrogen) atoms. The standard InChI is InChI=1S/C25H29NO4/c1-16(27)21-6-4-5-7-22(21)17-8-9-23-19(12-17)13-20(30-23)15-26-24(28)18-10-11-29-25(2,3)14-18/h4-9,12,18,20H,10-11,13-15H2,1-3H3,(H,26,28)/t18-,20-/m1/s1. The molecule has 1 saturated heterocycles. The van der Waals surface area contributed by atoms with E-state index < -0.39 is 0 Å². The molecule has 2 heterocycles. The van der Waals surface area contributed by atoms with Gasteiger partial charge < -0.3 is 14.8 Å². The van der Waals surface area contributed by atoms with Crippen LogP contribution in [0.4, 0.5) is 0 Å². The zero-order chi connectivity index (χ0) is 21.3. The van der Waals surface area contributed by atoms with E-state index in [2.05, 4.69) is 11.4 Å². The monoisotopic (exact) mass is 407 g/mol. The van der Waals surface area contributed by atoms with E-state index in [-0.39, 0.29) is 29.3 Å². The third-order valence-electron chi connectivity index (χ3n) is 5.99. The van der Waals surface area contributed by atoms with Crippen molar-refractivity contribution in [3.8, 4) is 16.9 Å². The summed E-state index contributed by atoms with van der Waals surface area (Å²) in [7, 11) is 0. The number of carbonyl (C=O) groups excluding carboxylic acids is 2. The van der Waals surface area contributed by atoms with E-state index in [0.717, 1.165) is 47.3 Å². The van der Waals surface area contributed by atoms with E-state index in [9.17, 15) is 9.59 Å². The van der Waals surface area contributed by atoms with Gasteiger partial charge in [-0.3, -0.25) is 9.59 Å². The highest BCUT2D eigenvalue weighted by molar-refractivity contribution is 6.00. The quantitative estimate of drug-likeness (QED) is 0.755. The van der Waals surface area contributed by atoms with Crippen LogP contribution >= 0.6 is 0 Å². The predicted molar refractivity (Wildman–Crippen MR) is 116 cm³/mol. The van der Waals surface area contributed by atoms with Crippen LogP contribution in [0.3, 0.4) is 0 Å². The molecule has 0 bridgehead atoms. The second kappa shape index (κ2) is 8.23. The van der Waals surface area contributed by atoms with E-state index in [1.54, 1.807) is 6.92 Å². The van der Waals surface area contributed by atoms with Crippen molar-refractivity contribution in [2.45, 2.75) is 51.7 Å². The molecule has 2 atom stereocenters. The van der Waals surface area contributed by atoms with Gasteiger partial charge in [-0.1, -0.05) is 30.3 Å². The summed E-state index contributed by atoms with van der Waals surface area (Å²) in [6.07, 6.45) is 2.17. The molecule has 0 saturated carbocycles. The van der Waals surface area contributed by atoms with E-state index >= 15 is 0 Å². The Morgan fingerprint density at radius 2 is 1.97 bits per heavy atom. The minimum atomic E-state index is -0.243. The van der Waals surface area contributed by atoms with Crippen LogP contribution in [0.2, 0.25) is 0 Å². The average Bonchev–Trinajstić information content (AvgIpc) is 3.13. The summed E-state index contributed by atoms with van der Waals surface area (Å²) in [5.74, 6) is 0.985. The number of hydrogen-bond acceptors (Lipinski definition) is 4. The average molecular weight is 408 g/mol. The molecular formula is C25H29NO4.